The maximum absolute atomic E-state index is 12.0. The van der Waals surface area contributed by atoms with E-state index in [1.54, 1.807) is 12.1 Å². The minimum atomic E-state index is -1.98. The van der Waals surface area contributed by atoms with Gasteiger partial charge in [0, 0.05) is 30.8 Å². The second-order valence-electron chi connectivity index (χ2n) is 5.37. The van der Waals surface area contributed by atoms with Gasteiger partial charge < -0.3 is 14.2 Å². The van der Waals surface area contributed by atoms with Crippen LogP contribution in [0.3, 0.4) is 0 Å². The highest BCUT2D eigenvalue weighted by Crippen LogP contribution is 2.19. The van der Waals surface area contributed by atoms with Gasteiger partial charge in [0.2, 0.25) is 5.89 Å². The van der Waals surface area contributed by atoms with Crippen molar-refractivity contribution in [1.29, 1.82) is 0 Å². The first kappa shape index (κ1) is 15.8. The lowest BCUT2D eigenvalue weighted by Gasteiger charge is -2.08. The molecule has 0 aliphatic carbocycles. The topological polar surface area (TPSA) is 103 Å². The predicted molar refractivity (Wildman–Crippen MR) is 89.5 cm³/mol. The molecule has 1 atom stereocenters. The van der Waals surface area contributed by atoms with Crippen LogP contribution in [0.15, 0.2) is 50.6 Å². The van der Waals surface area contributed by atoms with Crippen LogP contribution >= 0.6 is 11.6 Å². The summed E-state index contributed by atoms with van der Waals surface area (Å²) in [5.41, 5.74) is -0.692. The van der Waals surface area contributed by atoms with Crippen LogP contribution in [0, 0.1) is 0 Å². The molecule has 0 saturated carbocycles. The molecule has 0 amide bonds. The molecule has 2 aromatic heterocycles. The van der Waals surface area contributed by atoms with Crippen molar-refractivity contribution in [3.63, 3.8) is 0 Å². The molecule has 3 rings (SSSR count). The third-order valence-corrected chi connectivity index (χ3v) is 3.80. The SMILES string of the molecule is [2H][C@@](O)(Cc1noc(Cn2c(=O)ccn(C)c2=O)n1)c1ccc(Cl)cc1. The third-order valence-electron chi connectivity index (χ3n) is 3.55. The first-order chi connectivity index (χ1) is 12.3. The molecule has 0 spiro atoms. The van der Waals surface area contributed by atoms with Gasteiger partial charge in [-0.2, -0.15) is 4.98 Å². The minimum Gasteiger partial charge on any atom is -0.388 e. The average molecular weight is 364 g/mol. The van der Waals surface area contributed by atoms with E-state index in [0.29, 0.717) is 10.6 Å². The third kappa shape index (κ3) is 3.86. The van der Waals surface area contributed by atoms with Gasteiger partial charge in [0.05, 0.1) is 7.45 Å². The summed E-state index contributed by atoms with van der Waals surface area (Å²) in [4.78, 5) is 27.9. The molecule has 0 unspecified atom stereocenters. The van der Waals surface area contributed by atoms with Crippen molar-refractivity contribution in [2.24, 2.45) is 7.05 Å². The summed E-state index contributed by atoms with van der Waals surface area (Å²) in [5.74, 6) is 0.102. The second kappa shape index (κ2) is 7.04. The first-order valence-corrected chi connectivity index (χ1v) is 7.70. The van der Waals surface area contributed by atoms with Gasteiger partial charge in [0.25, 0.3) is 5.56 Å². The number of aliphatic hydroxyl groups is 1. The highest BCUT2D eigenvalue weighted by atomic mass is 35.5. The minimum absolute atomic E-state index is 0.0253. The lowest BCUT2D eigenvalue weighted by Crippen LogP contribution is -2.38. The van der Waals surface area contributed by atoms with E-state index in [9.17, 15) is 14.7 Å². The van der Waals surface area contributed by atoms with E-state index in [1.807, 2.05) is 0 Å². The molecule has 0 fully saturated rings. The van der Waals surface area contributed by atoms with Gasteiger partial charge in [0.1, 0.15) is 6.54 Å². The van der Waals surface area contributed by atoms with Crippen molar-refractivity contribution in [3.05, 3.63) is 79.7 Å². The Morgan fingerprint density at radius 1 is 1.32 bits per heavy atom. The largest absolute Gasteiger partial charge is 0.388 e. The fourth-order valence-electron chi connectivity index (χ4n) is 2.22. The van der Waals surface area contributed by atoms with E-state index in [1.165, 1.54) is 36.0 Å². The van der Waals surface area contributed by atoms with Crippen molar-refractivity contribution >= 4 is 11.6 Å². The second-order valence-corrected chi connectivity index (χ2v) is 5.80. The zero-order valence-electron chi connectivity index (χ0n) is 14.2. The Kier molecular flexibility index (Phi) is 4.45. The van der Waals surface area contributed by atoms with E-state index in [2.05, 4.69) is 10.1 Å². The Bertz CT molecular complexity index is 1040. The molecule has 0 aliphatic heterocycles. The molecule has 0 radical (unpaired) electrons. The standard InChI is InChI=1S/C16H15ClN4O4/c1-20-7-6-15(23)21(16(20)24)9-14-18-13(19-25-14)8-12(22)10-2-4-11(17)5-3-10/h2-7,12,22H,8-9H2,1H3/t12-/m1/s1/i12D. The summed E-state index contributed by atoms with van der Waals surface area (Å²) in [6.45, 7) is -0.198. The fourth-order valence-corrected chi connectivity index (χ4v) is 2.34. The van der Waals surface area contributed by atoms with E-state index in [4.69, 9.17) is 17.5 Å². The molecule has 1 aromatic carbocycles. The Morgan fingerprint density at radius 2 is 2.04 bits per heavy atom. The smallest absolute Gasteiger partial charge is 0.331 e. The molecule has 0 saturated heterocycles. The van der Waals surface area contributed by atoms with E-state index < -0.39 is 17.3 Å². The van der Waals surface area contributed by atoms with Crippen LogP contribution in [-0.4, -0.2) is 24.4 Å². The fraction of sp³-hybridized carbons (Fsp3) is 0.250. The van der Waals surface area contributed by atoms with E-state index in [0.717, 1.165) is 4.57 Å². The Hall–Kier alpha value is -2.71. The van der Waals surface area contributed by atoms with Gasteiger partial charge in [-0.05, 0) is 17.7 Å². The zero-order chi connectivity index (χ0) is 18.9. The van der Waals surface area contributed by atoms with Crippen molar-refractivity contribution < 1.29 is 11.0 Å². The molecule has 2 heterocycles. The van der Waals surface area contributed by atoms with Crippen molar-refractivity contribution in [2.75, 3.05) is 0 Å². The Balaban J connectivity index is 1.80. The normalized spacial score (nSPS) is 14.1. The van der Waals surface area contributed by atoms with Crippen LogP contribution in [0.1, 0.15) is 24.7 Å². The quantitative estimate of drug-likeness (QED) is 0.722. The van der Waals surface area contributed by atoms with Gasteiger partial charge in [-0.25, -0.2) is 4.79 Å². The molecule has 8 nitrogen and oxygen atoms in total. The van der Waals surface area contributed by atoms with Gasteiger partial charge in [0.15, 0.2) is 5.82 Å². The number of hydrogen-bond donors (Lipinski definition) is 1. The average Bonchev–Trinajstić information content (AvgIpc) is 3.02. The van der Waals surface area contributed by atoms with E-state index in [-0.39, 0.29) is 24.7 Å². The molecule has 3 aromatic rings. The lowest BCUT2D eigenvalue weighted by atomic mass is 10.1. The summed E-state index contributed by atoms with van der Waals surface area (Å²) >= 11 is 5.80. The number of halogens is 1. The molecule has 0 aliphatic rings. The number of nitrogens with zero attached hydrogens (tertiary/aromatic N) is 4. The van der Waals surface area contributed by atoms with Crippen LogP contribution in [-0.2, 0) is 20.0 Å². The molecule has 9 heteroatoms. The number of rotatable bonds is 5. The van der Waals surface area contributed by atoms with Crippen LogP contribution in [0.4, 0.5) is 0 Å². The van der Waals surface area contributed by atoms with Gasteiger partial charge >= 0.3 is 5.69 Å². The zero-order valence-corrected chi connectivity index (χ0v) is 14.0. The predicted octanol–water partition coefficient (Wildman–Crippen LogP) is 0.908. The van der Waals surface area contributed by atoms with Gasteiger partial charge in [-0.3, -0.25) is 9.36 Å². The number of hydrogen-bond acceptors (Lipinski definition) is 6. The summed E-state index contributed by atoms with van der Waals surface area (Å²) in [5, 5.41) is 14.5. The van der Waals surface area contributed by atoms with Gasteiger partial charge in [-0.1, -0.05) is 28.9 Å². The highest BCUT2D eigenvalue weighted by Gasteiger charge is 2.15. The number of aryl methyl sites for hydroxylation is 1. The number of aromatic nitrogens is 4. The van der Waals surface area contributed by atoms with Crippen molar-refractivity contribution in [2.45, 2.75) is 19.0 Å². The monoisotopic (exact) mass is 363 g/mol. The van der Waals surface area contributed by atoms with Crippen molar-refractivity contribution in [3.8, 4) is 0 Å². The summed E-state index contributed by atoms with van der Waals surface area (Å²) in [6, 6.07) is 7.44. The molecule has 130 valence electrons. The lowest BCUT2D eigenvalue weighted by molar-refractivity contribution is 0.174. The summed E-state index contributed by atoms with van der Waals surface area (Å²) in [6.07, 6.45) is -0.849. The molecule has 1 N–H and O–H groups in total. The highest BCUT2D eigenvalue weighted by molar-refractivity contribution is 6.30. The Labute approximate surface area is 148 Å². The van der Waals surface area contributed by atoms with Crippen LogP contribution < -0.4 is 11.2 Å². The van der Waals surface area contributed by atoms with Crippen molar-refractivity contribution in [1.82, 2.24) is 19.3 Å². The first-order valence-electron chi connectivity index (χ1n) is 7.82. The van der Waals surface area contributed by atoms with Crippen LogP contribution in [0.2, 0.25) is 5.02 Å². The molecule has 0 bridgehead atoms. The van der Waals surface area contributed by atoms with Crippen LogP contribution in [0.5, 0.6) is 0 Å². The molecular formula is C16H15ClN4O4. The Morgan fingerprint density at radius 3 is 2.76 bits per heavy atom. The number of benzene rings is 1. The summed E-state index contributed by atoms with van der Waals surface area (Å²) < 4.78 is 15.3. The summed E-state index contributed by atoms with van der Waals surface area (Å²) in [7, 11) is 1.52. The maximum Gasteiger partial charge on any atom is 0.331 e. The molecular weight excluding hydrogens is 348 g/mol. The maximum atomic E-state index is 12.0. The van der Waals surface area contributed by atoms with Crippen LogP contribution in [0.25, 0.3) is 0 Å². The van der Waals surface area contributed by atoms with E-state index >= 15 is 0 Å². The molecule has 25 heavy (non-hydrogen) atoms. The van der Waals surface area contributed by atoms with Gasteiger partial charge in [-0.15, -0.1) is 0 Å².